The molecule has 1 aliphatic heterocycles. The van der Waals surface area contributed by atoms with Gasteiger partial charge in [0.25, 0.3) is 0 Å². The Labute approximate surface area is 119 Å². The molecule has 4 nitrogen and oxygen atoms in total. The maximum atomic E-state index is 11.3. The molecule has 1 aromatic carbocycles. The van der Waals surface area contributed by atoms with Gasteiger partial charge in [0.05, 0.1) is 19.1 Å². The third-order valence-corrected chi connectivity index (χ3v) is 4.03. The number of benzene rings is 1. The van der Waals surface area contributed by atoms with Gasteiger partial charge < -0.3 is 14.6 Å². The summed E-state index contributed by atoms with van der Waals surface area (Å²) in [6.45, 7) is 4.63. The highest BCUT2D eigenvalue weighted by Crippen LogP contribution is 2.44. The SMILES string of the molecule is COc1ccc(C2(CC(=O)O)CCOC(C)(C)C2)cc1. The van der Waals surface area contributed by atoms with Gasteiger partial charge in [0.1, 0.15) is 5.75 Å². The number of carbonyl (C=O) groups is 1. The molecule has 2 rings (SSSR count). The van der Waals surface area contributed by atoms with Gasteiger partial charge in [-0.1, -0.05) is 12.1 Å². The molecule has 0 spiro atoms. The lowest BCUT2D eigenvalue weighted by molar-refractivity contribution is -0.142. The predicted molar refractivity (Wildman–Crippen MR) is 76.2 cm³/mol. The fourth-order valence-electron chi connectivity index (χ4n) is 3.21. The summed E-state index contributed by atoms with van der Waals surface area (Å²) < 4.78 is 10.9. The molecule has 110 valence electrons. The van der Waals surface area contributed by atoms with Gasteiger partial charge in [0, 0.05) is 12.0 Å². The Balaban J connectivity index is 2.37. The van der Waals surface area contributed by atoms with Crippen LogP contribution in [0.2, 0.25) is 0 Å². The van der Waals surface area contributed by atoms with Crippen molar-refractivity contribution in [1.82, 2.24) is 0 Å². The average Bonchev–Trinajstić information content (AvgIpc) is 2.37. The molecular weight excluding hydrogens is 256 g/mol. The Hall–Kier alpha value is -1.55. The zero-order valence-electron chi connectivity index (χ0n) is 12.3. The zero-order valence-corrected chi connectivity index (χ0v) is 12.3. The van der Waals surface area contributed by atoms with Gasteiger partial charge in [-0.05, 0) is 44.4 Å². The highest BCUT2D eigenvalue weighted by atomic mass is 16.5. The minimum Gasteiger partial charge on any atom is -0.497 e. The summed E-state index contributed by atoms with van der Waals surface area (Å²) in [6.07, 6.45) is 1.57. The smallest absolute Gasteiger partial charge is 0.304 e. The molecule has 0 radical (unpaired) electrons. The van der Waals surface area contributed by atoms with Crippen molar-refractivity contribution in [1.29, 1.82) is 0 Å². The Bertz CT molecular complexity index is 478. The Morgan fingerprint density at radius 3 is 2.50 bits per heavy atom. The van der Waals surface area contributed by atoms with Crippen LogP contribution >= 0.6 is 0 Å². The molecule has 0 saturated carbocycles. The average molecular weight is 278 g/mol. The van der Waals surface area contributed by atoms with Crippen LogP contribution in [0.1, 0.15) is 38.7 Å². The van der Waals surface area contributed by atoms with Crippen LogP contribution in [0.15, 0.2) is 24.3 Å². The summed E-state index contributed by atoms with van der Waals surface area (Å²) in [7, 11) is 1.62. The van der Waals surface area contributed by atoms with Crippen molar-refractivity contribution in [3.63, 3.8) is 0 Å². The van der Waals surface area contributed by atoms with E-state index in [9.17, 15) is 9.90 Å². The van der Waals surface area contributed by atoms with Gasteiger partial charge in [-0.2, -0.15) is 0 Å². The van der Waals surface area contributed by atoms with E-state index in [1.165, 1.54) is 0 Å². The van der Waals surface area contributed by atoms with Crippen molar-refractivity contribution < 1.29 is 19.4 Å². The van der Waals surface area contributed by atoms with Crippen LogP contribution in [-0.2, 0) is 14.9 Å². The summed E-state index contributed by atoms with van der Waals surface area (Å²) in [4.78, 5) is 11.3. The van der Waals surface area contributed by atoms with E-state index in [-0.39, 0.29) is 17.4 Å². The van der Waals surface area contributed by atoms with Crippen LogP contribution in [0.4, 0.5) is 0 Å². The van der Waals surface area contributed by atoms with E-state index >= 15 is 0 Å². The topological polar surface area (TPSA) is 55.8 Å². The molecule has 4 heteroatoms. The van der Waals surface area contributed by atoms with Crippen LogP contribution in [0.5, 0.6) is 5.75 Å². The first-order valence-corrected chi connectivity index (χ1v) is 6.87. The fourth-order valence-corrected chi connectivity index (χ4v) is 3.21. The molecule has 0 aliphatic carbocycles. The molecule has 0 amide bonds. The summed E-state index contributed by atoms with van der Waals surface area (Å²) in [5, 5.41) is 9.30. The summed E-state index contributed by atoms with van der Waals surface area (Å²) >= 11 is 0. The number of carboxylic acid groups (broad SMARTS) is 1. The first-order chi connectivity index (χ1) is 9.37. The van der Waals surface area contributed by atoms with Gasteiger partial charge in [-0.25, -0.2) is 0 Å². The number of hydrogen-bond acceptors (Lipinski definition) is 3. The van der Waals surface area contributed by atoms with E-state index in [1.807, 2.05) is 38.1 Å². The highest BCUT2D eigenvalue weighted by molar-refractivity contribution is 5.69. The molecule has 1 saturated heterocycles. The van der Waals surface area contributed by atoms with Gasteiger partial charge in [0.15, 0.2) is 0 Å². The molecule has 1 aliphatic rings. The standard InChI is InChI=1S/C16H22O4/c1-15(2)11-16(8-9-20-15,10-14(17)18)12-4-6-13(19-3)7-5-12/h4-7H,8-11H2,1-3H3,(H,17,18). The van der Waals surface area contributed by atoms with E-state index < -0.39 is 5.97 Å². The molecule has 1 atom stereocenters. The lowest BCUT2D eigenvalue weighted by atomic mass is 9.67. The van der Waals surface area contributed by atoms with Crippen molar-refractivity contribution >= 4 is 5.97 Å². The number of ether oxygens (including phenoxy) is 2. The summed E-state index contributed by atoms with van der Waals surface area (Å²) in [5.74, 6) is 0.0177. The van der Waals surface area contributed by atoms with Gasteiger partial charge in [-0.15, -0.1) is 0 Å². The summed E-state index contributed by atoms with van der Waals surface area (Å²) in [5.41, 5.74) is 0.394. The molecule has 20 heavy (non-hydrogen) atoms. The fraction of sp³-hybridized carbons (Fsp3) is 0.562. The van der Waals surface area contributed by atoms with Crippen molar-refractivity contribution in [3.8, 4) is 5.75 Å². The normalized spacial score (nSPS) is 25.1. The predicted octanol–water partition coefficient (Wildman–Crippen LogP) is 3.00. The van der Waals surface area contributed by atoms with Gasteiger partial charge in [-0.3, -0.25) is 4.79 Å². The number of methoxy groups -OCH3 is 1. The van der Waals surface area contributed by atoms with E-state index in [4.69, 9.17) is 9.47 Å². The van der Waals surface area contributed by atoms with E-state index in [1.54, 1.807) is 7.11 Å². The lowest BCUT2D eigenvalue weighted by Crippen LogP contribution is -2.45. The molecule has 1 heterocycles. The van der Waals surface area contributed by atoms with Crippen LogP contribution < -0.4 is 4.74 Å². The van der Waals surface area contributed by atoms with Crippen LogP contribution in [0, 0.1) is 0 Å². The van der Waals surface area contributed by atoms with Crippen LogP contribution in [0.3, 0.4) is 0 Å². The second kappa shape index (κ2) is 5.44. The molecule has 1 fully saturated rings. The first-order valence-electron chi connectivity index (χ1n) is 6.87. The number of aliphatic carboxylic acids is 1. The van der Waals surface area contributed by atoms with Gasteiger partial charge in [0.2, 0.25) is 0 Å². The van der Waals surface area contributed by atoms with Crippen LogP contribution in [-0.4, -0.2) is 30.4 Å². The summed E-state index contributed by atoms with van der Waals surface area (Å²) in [6, 6.07) is 7.73. The first kappa shape index (κ1) is 14.9. The maximum absolute atomic E-state index is 11.3. The highest BCUT2D eigenvalue weighted by Gasteiger charge is 2.43. The molecule has 1 unspecified atom stereocenters. The third-order valence-electron chi connectivity index (χ3n) is 4.03. The van der Waals surface area contributed by atoms with Crippen molar-refractivity contribution in [2.45, 2.75) is 44.1 Å². The van der Waals surface area contributed by atoms with E-state index in [0.29, 0.717) is 13.0 Å². The second-order valence-corrected chi connectivity index (χ2v) is 6.11. The van der Waals surface area contributed by atoms with Gasteiger partial charge >= 0.3 is 5.97 Å². The molecule has 1 aromatic rings. The molecule has 1 N–H and O–H groups in total. The third kappa shape index (κ3) is 3.12. The largest absolute Gasteiger partial charge is 0.497 e. The number of rotatable bonds is 4. The van der Waals surface area contributed by atoms with Crippen molar-refractivity contribution in [2.24, 2.45) is 0 Å². The quantitative estimate of drug-likeness (QED) is 0.920. The van der Waals surface area contributed by atoms with Crippen molar-refractivity contribution in [3.05, 3.63) is 29.8 Å². The second-order valence-electron chi connectivity index (χ2n) is 6.11. The Kier molecular flexibility index (Phi) is 4.04. The molecule has 0 aromatic heterocycles. The lowest BCUT2D eigenvalue weighted by Gasteiger charge is -2.44. The number of carboxylic acids is 1. The minimum absolute atomic E-state index is 0.131. The minimum atomic E-state index is -0.765. The van der Waals surface area contributed by atoms with Crippen LogP contribution in [0.25, 0.3) is 0 Å². The van der Waals surface area contributed by atoms with Crippen molar-refractivity contribution in [2.75, 3.05) is 13.7 Å². The Morgan fingerprint density at radius 2 is 2.00 bits per heavy atom. The maximum Gasteiger partial charge on any atom is 0.304 e. The van der Waals surface area contributed by atoms with E-state index in [0.717, 1.165) is 17.7 Å². The zero-order chi connectivity index (χ0) is 14.8. The number of hydrogen-bond donors (Lipinski definition) is 1. The molecule has 0 bridgehead atoms. The Morgan fingerprint density at radius 1 is 1.35 bits per heavy atom. The molecular formula is C16H22O4. The monoisotopic (exact) mass is 278 g/mol. The van der Waals surface area contributed by atoms with E-state index in [2.05, 4.69) is 0 Å².